The number of rotatable bonds is 10. The normalized spacial score (nSPS) is 21.3. The van der Waals surface area contributed by atoms with E-state index in [1.807, 2.05) is 39.0 Å². The lowest BCUT2D eigenvalue weighted by Gasteiger charge is -2.37. The Morgan fingerprint density at radius 1 is 1.11 bits per heavy atom. The van der Waals surface area contributed by atoms with Crippen LogP contribution < -0.4 is 10.7 Å². The first-order valence-corrected chi connectivity index (χ1v) is 22.4. The molecule has 16 nitrogen and oxygen atoms in total. The van der Waals surface area contributed by atoms with Crippen LogP contribution in [0.5, 0.6) is 0 Å². The third-order valence-corrected chi connectivity index (χ3v) is 12.9. The number of aryl methyl sites for hydroxylation is 1. The zero-order valence-electron chi connectivity index (χ0n) is 38.4. The van der Waals surface area contributed by atoms with Crippen LogP contribution in [0.3, 0.4) is 0 Å². The number of hydrazine groups is 1. The molecule has 6 bridgehead atoms. The Bertz CT molecular complexity index is 2420. The number of benzene rings is 1. The van der Waals surface area contributed by atoms with E-state index in [1.165, 1.54) is 16.0 Å². The van der Waals surface area contributed by atoms with Gasteiger partial charge in [0.05, 0.1) is 42.3 Å². The van der Waals surface area contributed by atoms with Crippen molar-refractivity contribution < 1.29 is 33.4 Å². The zero-order valence-corrected chi connectivity index (χ0v) is 38.4. The standard InChI is InChI=1S/C48H63N9O7/c1-10-40(58)54-22-18-32(26-54)45(60)53(8)42(29(3)4)44(59)50-38-27-55-23-19-36(51-55)31-16-17-39-34(24-31)35(43(56(39)11-2)33-14-12-20-49-41(33)30(5)63-9)25-48(6,7)28-64-47(62)37-15-13-21-57(52-37)46(38)61/h10,12,14,16-17,19-20,23-24,29-30,32,37-38,42,52H,1,11,13,15,18,21-22,25-28H2,2-9H3,(H,50,59)/t30-,32-,37-,38-,42-/m0/s1. The summed E-state index contributed by atoms with van der Waals surface area (Å²) in [5.41, 5.74) is 9.10. The maximum atomic E-state index is 14.6. The van der Waals surface area contributed by atoms with Crippen molar-refractivity contribution in [3.8, 4) is 22.5 Å². The van der Waals surface area contributed by atoms with Crippen LogP contribution in [0.15, 0.2) is 61.4 Å². The Hall–Kier alpha value is -5.87. The Labute approximate surface area is 375 Å². The molecule has 3 aliphatic rings. The maximum absolute atomic E-state index is 14.6. The second-order valence-corrected chi connectivity index (χ2v) is 18.5. The van der Waals surface area contributed by atoms with Gasteiger partial charge in [0.1, 0.15) is 18.1 Å². The minimum Gasteiger partial charge on any atom is -0.464 e. The molecule has 5 atom stereocenters. The summed E-state index contributed by atoms with van der Waals surface area (Å²) in [4.78, 5) is 76.8. The molecular weight excluding hydrogens is 815 g/mol. The summed E-state index contributed by atoms with van der Waals surface area (Å²) in [6, 6.07) is 9.38. The first-order valence-electron chi connectivity index (χ1n) is 22.4. The Kier molecular flexibility index (Phi) is 13.8. The first-order chi connectivity index (χ1) is 30.5. The molecule has 2 fully saturated rings. The smallest absolute Gasteiger partial charge is 0.324 e. The number of hydrogen-bond acceptors (Lipinski definition) is 10. The van der Waals surface area contributed by atoms with Gasteiger partial charge in [0.2, 0.25) is 17.7 Å². The highest BCUT2D eigenvalue weighted by atomic mass is 16.5. The Balaban J connectivity index is 1.27. The number of ether oxygens (including phenoxy) is 2. The molecule has 7 rings (SSSR count). The molecular formula is C48H63N9O7. The summed E-state index contributed by atoms with van der Waals surface area (Å²) in [6.45, 7) is 17.3. The predicted molar refractivity (Wildman–Crippen MR) is 242 cm³/mol. The van der Waals surface area contributed by atoms with Crippen LogP contribution in [-0.4, -0.2) is 122 Å². The predicted octanol–water partition coefficient (Wildman–Crippen LogP) is 4.92. The van der Waals surface area contributed by atoms with Gasteiger partial charge in [-0.05, 0) is 87.4 Å². The number of nitrogens with one attached hydrogen (secondary N) is 2. The van der Waals surface area contributed by atoms with Crippen LogP contribution in [0, 0.1) is 17.3 Å². The van der Waals surface area contributed by atoms with Crippen molar-refractivity contribution in [3.05, 3.63) is 72.7 Å². The fourth-order valence-electron chi connectivity index (χ4n) is 9.54. The number of aromatic nitrogens is 4. The van der Waals surface area contributed by atoms with Gasteiger partial charge in [-0.1, -0.05) is 40.3 Å². The van der Waals surface area contributed by atoms with E-state index in [0.717, 1.165) is 39.0 Å². The summed E-state index contributed by atoms with van der Waals surface area (Å²) < 4.78 is 15.8. The van der Waals surface area contributed by atoms with Gasteiger partial charge in [0, 0.05) is 80.2 Å². The van der Waals surface area contributed by atoms with E-state index in [2.05, 4.69) is 60.9 Å². The SMILES string of the molecule is C=CC(=O)N1CC[C@H](C(=O)N(C)[C@H](C(=O)N[C@H]2Cn3ccc(n3)-c3ccc4c(c3)c(c(-c3cccnc3[C@H](C)OC)n4CC)CC(C)(C)COC(=O)[C@@H]3CCCN(N3)C2=O)C(C)C)C1. The zero-order chi connectivity index (χ0) is 46.0. The highest BCUT2D eigenvalue weighted by Gasteiger charge is 2.40. The number of cyclic esters (lactones) is 1. The van der Waals surface area contributed by atoms with E-state index in [1.54, 1.807) is 36.1 Å². The van der Waals surface area contributed by atoms with Crippen molar-refractivity contribution in [3.63, 3.8) is 0 Å². The minimum atomic E-state index is -1.13. The second-order valence-electron chi connectivity index (χ2n) is 18.5. The van der Waals surface area contributed by atoms with Crippen LogP contribution in [0.25, 0.3) is 33.4 Å². The number of methoxy groups -OCH3 is 1. The molecule has 64 heavy (non-hydrogen) atoms. The molecule has 0 saturated carbocycles. The third-order valence-electron chi connectivity index (χ3n) is 12.9. The molecule has 2 N–H and O–H groups in total. The molecule has 4 aromatic rings. The van der Waals surface area contributed by atoms with Crippen LogP contribution >= 0.6 is 0 Å². The van der Waals surface area contributed by atoms with E-state index < -0.39 is 47.2 Å². The third kappa shape index (κ3) is 9.34. The van der Waals surface area contributed by atoms with E-state index in [9.17, 15) is 24.0 Å². The molecule has 0 aliphatic carbocycles. The largest absolute Gasteiger partial charge is 0.464 e. The molecule has 6 heterocycles. The number of pyridine rings is 1. The average Bonchev–Trinajstić information content (AvgIpc) is 4.05. The van der Waals surface area contributed by atoms with E-state index >= 15 is 0 Å². The van der Waals surface area contributed by atoms with Gasteiger partial charge < -0.3 is 29.2 Å². The quantitative estimate of drug-likeness (QED) is 0.165. The van der Waals surface area contributed by atoms with Gasteiger partial charge in [0.25, 0.3) is 5.91 Å². The van der Waals surface area contributed by atoms with Crippen molar-refractivity contribution in [2.24, 2.45) is 17.3 Å². The number of likely N-dealkylation sites (tertiary alicyclic amines) is 1. The molecule has 3 aromatic heterocycles. The molecule has 342 valence electrons. The van der Waals surface area contributed by atoms with Gasteiger partial charge in [-0.2, -0.15) is 5.10 Å². The fourth-order valence-corrected chi connectivity index (χ4v) is 9.54. The maximum Gasteiger partial charge on any atom is 0.324 e. The number of fused-ring (bicyclic) bond motifs is 6. The summed E-state index contributed by atoms with van der Waals surface area (Å²) >= 11 is 0. The molecule has 16 heteroatoms. The lowest BCUT2D eigenvalue weighted by atomic mass is 9.84. The number of carbonyl (C=O) groups excluding carboxylic acids is 5. The minimum absolute atomic E-state index is 0.0267. The van der Waals surface area contributed by atoms with Crippen LogP contribution in [0.2, 0.25) is 0 Å². The van der Waals surface area contributed by atoms with E-state index in [4.69, 9.17) is 19.6 Å². The Morgan fingerprint density at radius 2 is 1.89 bits per heavy atom. The number of likely N-dealkylation sites (N-methyl/N-ethyl adjacent to an activating group) is 1. The summed E-state index contributed by atoms with van der Waals surface area (Å²) in [7, 11) is 3.27. The van der Waals surface area contributed by atoms with Crippen molar-refractivity contribution in [2.75, 3.05) is 40.4 Å². The van der Waals surface area contributed by atoms with E-state index in [-0.39, 0.29) is 43.5 Å². The van der Waals surface area contributed by atoms with Gasteiger partial charge in [0.15, 0.2) is 0 Å². The number of carbonyl (C=O) groups is 5. The van der Waals surface area contributed by atoms with Crippen LogP contribution in [0.4, 0.5) is 0 Å². The van der Waals surface area contributed by atoms with Gasteiger partial charge >= 0.3 is 5.97 Å². The van der Waals surface area contributed by atoms with Crippen LogP contribution in [0.1, 0.15) is 78.2 Å². The summed E-state index contributed by atoms with van der Waals surface area (Å²) in [5.74, 6) is -2.71. The van der Waals surface area contributed by atoms with Crippen molar-refractivity contribution in [2.45, 2.75) is 105 Å². The molecule has 1 aromatic carbocycles. The van der Waals surface area contributed by atoms with Crippen molar-refractivity contribution >= 4 is 40.5 Å². The van der Waals surface area contributed by atoms with E-state index in [0.29, 0.717) is 51.0 Å². The molecule has 3 aliphatic heterocycles. The number of amides is 4. The van der Waals surface area contributed by atoms with Gasteiger partial charge in [-0.15, -0.1) is 0 Å². The lowest BCUT2D eigenvalue weighted by molar-refractivity contribution is -0.155. The highest BCUT2D eigenvalue weighted by Crippen LogP contribution is 2.41. The first kappa shape index (κ1) is 46.1. The second kappa shape index (κ2) is 19.1. The van der Waals surface area contributed by atoms with Crippen LogP contribution in [-0.2, 0) is 53.0 Å². The summed E-state index contributed by atoms with van der Waals surface area (Å²) in [6.07, 6.45) is 6.58. The molecule has 0 unspecified atom stereocenters. The number of hydrogen-bond donors (Lipinski definition) is 2. The van der Waals surface area contributed by atoms with Crippen molar-refractivity contribution in [1.29, 1.82) is 0 Å². The summed E-state index contributed by atoms with van der Waals surface area (Å²) in [5, 5.41) is 10.4. The highest BCUT2D eigenvalue weighted by molar-refractivity contribution is 5.96. The number of nitrogens with zero attached hydrogens (tertiary/aromatic N) is 7. The molecule has 4 amide bonds. The van der Waals surface area contributed by atoms with Gasteiger partial charge in [-0.3, -0.25) is 38.6 Å². The Morgan fingerprint density at radius 3 is 2.61 bits per heavy atom. The van der Waals surface area contributed by atoms with Gasteiger partial charge in [-0.25, -0.2) is 5.43 Å². The fraction of sp³-hybridized carbons (Fsp3) is 0.521. The number of esters is 1. The lowest BCUT2D eigenvalue weighted by Crippen LogP contribution is -2.62. The topological polar surface area (TPSA) is 173 Å². The average molecular weight is 878 g/mol. The molecule has 2 saturated heterocycles. The monoisotopic (exact) mass is 877 g/mol. The molecule has 0 radical (unpaired) electrons. The molecule has 0 spiro atoms. The van der Waals surface area contributed by atoms with Crippen molar-refractivity contribution in [1.82, 2.24) is 44.9 Å².